The lowest BCUT2D eigenvalue weighted by Gasteiger charge is -2.43. The summed E-state index contributed by atoms with van der Waals surface area (Å²) < 4.78 is 7.92. The van der Waals surface area contributed by atoms with Gasteiger partial charge in [-0.1, -0.05) is 31.9 Å². The number of thioether (sulfide) groups is 1. The van der Waals surface area contributed by atoms with Crippen LogP contribution in [-0.4, -0.2) is 29.5 Å². The predicted molar refractivity (Wildman–Crippen MR) is 94.1 cm³/mol. The molecule has 2 nitrogen and oxygen atoms in total. The Labute approximate surface area is 146 Å². The molecule has 1 aromatic carbocycles. The Balaban J connectivity index is 1.79. The number of benzene rings is 1. The first-order chi connectivity index (χ1) is 10.1. The highest BCUT2D eigenvalue weighted by atomic mass is 79.9. The molecule has 2 aliphatic heterocycles. The lowest BCUT2D eigenvalue weighted by molar-refractivity contribution is -0.0959. The summed E-state index contributed by atoms with van der Waals surface area (Å²) >= 11 is 8.96. The molecule has 114 valence electrons. The summed E-state index contributed by atoms with van der Waals surface area (Å²) in [5.74, 6) is 2.65. The number of hydrogen-bond donors (Lipinski definition) is 0. The summed E-state index contributed by atoms with van der Waals surface area (Å²) in [7, 11) is 0. The van der Waals surface area contributed by atoms with Crippen molar-refractivity contribution in [2.24, 2.45) is 5.92 Å². The SMILES string of the molecule is O=C(c1cc(Br)ccc1Br)C1CCOC2(CCSCC2)C1. The first-order valence-electron chi connectivity index (χ1n) is 7.31. The van der Waals surface area contributed by atoms with Gasteiger partial charge in [0.15, 0.2) is 5.78 Å². The van der Waals surface area contributed by atoms with Crippen LogP contribution in [0.2, 0.25) is 0 Å². The molecule has 0 radical (unpaired) electrons. The normalized spacial score (nSPS) is 25.0. The number of hydrogen-bond acceptors (Lipinski definition) is 3. The summed E-state index contributed by atoms with van der Waals surface area (Å²) in [4.78, 5) is 12.9. The molecular formula is C16H18Br2O2S. The van der Waals surface area contributed by atoms with Crippen molar-refractivity contribution in [1.82, 2.24) is 0 Å². The van der Waals surface area contributed by atoms with E-state index in [9.17, 15) is 4.79 Å². The molecule has 3 rings (SSSR count). The van der Waals surface area contributed by atoms with Crippen LogP contribution in [0.5, 0.6) is 0 Å². The van der Waals surface area contributed by atoms with E-state index in [0.29, 0.717) is 6.61 Å². The van der Waals surface area contributed by atoms with E-state index in [4.69, 9.17) is 4.74 Å². The van der Waals surface area contributed by atoms with Crippen molar-refractivity contribution >= 4 is 49.4 Å². The second kappa shape index (κ2) is 6.73. The van der Waals surface area contributed by atoms with Crippen molar-refractivity contribution in [1.29, 1.82) is 0 Å². The molecule has 0 N–H and O–H groups in total. The molecule has 21 heavy (non-hydrogen) atoms. The monoisotopic (exact) mass is 432 g/mol. The van der Waals surface area contributed by atoms with Crippen LogP contribution in [-0.2, 0) is 4.74 Å². The Bertz CT molecular complexity index is 536. The van der Waals surface area contributed by atoms with Crippen LogP contribution in [0.1, 0.15) is 36.0 Å². The van der Waals surface area contributed by atoms with Gasteiger partial charge in [-0.05, 0) is 55.4 Å². The average Bonchev–Trinajstić information content (AvgIpc) is 2.50. The van der Waals surface area contributed by atoms with Crippen LogP contribution in [0.15, 0.2) is 27.1 Å². The molecule has 0 bridgehead atoms. The summed E-state index contributed by atoms with van der Waals surface area (Å²) in [5.41, 5.74) is 0.749. The maximum atomic E-state index is 12.9. The highest BCUT2D eigenvalue weighted by molar-refractivity contribution is 9.11. The molecule has 2 saturated heterocycles. The Morgan fingerprint density at radius 2 is 2.05 bits per heavy atom. The quantitative estimate of drug-likeness (QED) is 0.607. The van der Waals surface area contributed by atoms with E-state index in [-0.39, 0.29) is 17.3 Å². The van der Waals surface area contributed by atoms with Crippen molar-refractivity contribution < 1.29 is 9.53 Å². The molecule has 1 aromatic rings. The Kier molecular flexibility index (Phi) is 5.14. The fraction of sp³-hybridized carbons (Fsp3) is 0.562. The predicted octanol–water partition coefficient (Wildman–Crippen LogP) is 5.09. The first-order valence-corrected chi connectivity index (χ1v) is 10.0. The standard InChI is InChI=1S/C16H18Br2O2S/c17-12-1-2-14(18)13(9-12)15(19)11-3-6-20-16(10-11)4-7-21-8-5-16/h1-2,9,11H,3-8,10H2. The van der Waals surface area contributed by atoms with Crippen molar-refractivity contribution in [2.45, 2.75) is 31.3 Å². The van der Waals surface area contributed by atoms with Crippen LogP contribution in [0.3, 0.4) is 0 Å². The first kappa shape index (κ1) is 16.0. The Morgan fingerprint density at radius 3 is 2.81 bits per heavy atom. The molecular weight excluding hydrogens is 416 g/mol. The number of carbonyl (C=O) groups is 1. The number of ketones is 1. The van der Waals surface area contributed by atoms with E-state index in [1.165, 1.54) is 0 Å². The molecule has 2 heterocycles. The zero-order chi connectivity index (χ0) is 14.9. The largest absolute Gasteiger partial charge is 0.375 e. The second-order valence-electron chi connectivity index (χ2n) is 5.82. The minimum atomic E-state index is -0.0394. The Hall–Kier alpha value is 0.160. The maximum absolute atomic E-state index is 12.9. The zero-order valence-corrected chi connectivity index (χ0v) is 15.7. The highest BCUT2D eigenvalue weighted by Crippen LogP contribution is 2.41. The molecule has 1 unspecified atom stereocenters. The van der Waals surface area contributed by atoms with Gasteiger partial charge in [0.05, 0.1) is 5.60 Å². The number of Topliss-reactive ketones (excluding diaryl/α,β-unsaturated/α-hetero) is 1. The van der Waals surface area contributed by atoms with Gasteiger partial charge >= 0.3 is 0 Å². The van der Waals surface area contributed by atoms with Crippen molar-refractivity contribution in [3.63, 3.8) is 0 Å². The fourth-order valence-corrected chi connectivity index (χ4v) is 5.29. The van der Waals surface area contributed by atoms with E-state index < -0.39 is 0 Å². The maximum Gasteiger partial charge on any atom is 0.167 e. The van der Waals surface area contributed by atoms with Gasteiger partial charge in [-0.2, -0.15) is 11.8 Å². The van der Waals surface area contributed by atoms with Gasteiger partial charge in [0.25, 0.3) is 0 Å². The van der Waals surface area contributed by atoms with Gasteiger partial charge < -0.3 is 4.74 Å². The minimum absolute atomic E-state index is 0.0394. The molecule has 0 aromatic heterocycles. The van der Waals surface area contributed by atoms with Gasteiger partial charge in [-0.25, -0.2) is 0 Å². The minimum Gasteiger partial charge on any atom is -0.375 e. The van der Waals surface area contributed by atoms with E-state index in [1.54, 1.807) is 0 Å². The second-order valence-corrected chi connectivity index (χ2v) is 8.82. The Morgan fingerprint density at radius 1 is 1.29 bits per heavy atom. The van der Waals surface area contributed by atoms with Gasteiger partial charge in [0.2, 0.25) is 0 Å². The smallest absolute Gasteiger partial charge is 0.167 e. The van der Waals surface area contributed by atoms with Gasteiger partial charge in [-0.15, -0.1) is 0 Å². The van der Waals surface area contributed by atoms with Crippen molar-refractivity contribution in [2.75, 3.05) is 18.1 Å². The van der Waals surface area contributed by atoms with E-state index in [2.05, 4.69) is 31.9 Å². The van der Waals surface area contributed by atoms with Crippen molar-refractivity contribution in [3.8, 4) is 0 Å². The molecule has 0 saturated carbocycles. The number of rotatable bonds is 2. The summed E-state index contributed by atoms with van der Waals surface area (Å²) in [6.45, 7) is 0.715. The van der Waals surface area contributed by atoms with E-state index in [0.717, 1.165) is 51.7 Å². The molecule has 1 atom stereocenters. The molecule has 2 aliphatic rings. The lowest BCUT2D eigenvalue weighted by atomic mass is 9.79. The summed E-state index contributed by atoms with van der Waals surface area (Å²) in [5, 5.41) is 0. The molecule has 0 aliphatic carbocycles. The molecule has 5 heteroatoms. The molecule has 1 spiro atoms. The van der Waals surface area contributed by atoms with Crippen LogP contribution >= 0.6 is 43.6 Å². The zero-order valence-electron chi connectivity index (χ0n) is 11.7. The van der Waals surface area contributed by atoms with Crippen LogP contribution in [0.25, 0.3) is 0 Å². The third kappa shape index (κ3) is 3.57. The molecule has 0 amide bonds. The highest BCUT2D eigenvalue weighted by Gasteiger charge is 2.41. The van der Waals surface area contributed by atoms with Gasteiger partial charge in [0, 0.05) is 27.0 Å². The summed E-state index contributed by atoms with van der Waals surface area (Å²) in [6, 6.07) is 5.81. The third-order valence-corrected chi connectivity index (χ3v) is 6.63. The van der Waals surface area contributed by atoms with Gasteiger partial charge in [0.1, 0.15) is 0 Å². The lowest BCUT2D eigenvalue weighted by Crippen LogP contribution is -2.44. The number of carbonyl (C=O) groups excluding carboxylic acids is 1. The van der Waals surface area contributed by atoms with Crippen molar-refractivity contribution in [3.05, 3.63) is 32.7 Å². The summed E-state index contributed by atoms with van der Waals surface area (Å²) in [6.07, 6.45) is 3.89. The van der Waals surface area contributed by atoms with Crippen LogP contribution in [0.4, 0.5) is 0 Å². The topological polar surface area (TPSA) is 26.3 Å². The van der Waals surface area contributed by atoms with Gasteiger partial charge in [-0.3, -0.25) is 4.79 Å². The third-order valence-electron chi connectivity index (χ3n) is 4.46. The van der Waals surface area contributed by atoms with Crippen LogP contribution in [0, 0.1) is 5.92 Å². The fourth-order valence-electron chi connectivity index (χ4n) is 3.25. The van der Waals surface area contributed by atoms with Crippen LogP contribution < -0.4 is 0 Å². The number of ether oxygens (including phenoxy) is 1. The number of halogens is 2. The van der Waals surface area contributed by atoms with E-state index in [1.807, 2.05) is 30.0 Å². The molecule has 2 fully saturated rings. The van der Waals surface area contributed by atoms with E-state index >= 15 is 0 Å². The average molecular weight is 434 g/mol.